The van der Waals surface area contributed by atoms with Crippen molar-refractivity contribution in [2.24, 2.45) is 0 Å². The largest absolute Gasteiger partial charge is 0.324 e. The molecule has 0 fully saturated rings. The molecule has 0 saturated carbocycles. The number of amides is 1. The Morgan fingerprint density at radius 2 is 1.62 bits per heavy atom. The number of fused-ring (bicyclic) bond motifs is 1. The summed E-state index contributed by atoms with van der Waals surface area (Å²) in [7, 11) is -3.82. The van der Waals surface area contributed by atoms with E-state index in [1.54, 1.807) is 30.3 Å². The van der Waals surface area contributed by atoms with Crippen LogP contribution in [-0.2, 0) is 14.8 Å². The summed E-state index contributed by atoms with van der Waals surface area (Å²) in [6.45, 7) is 1.50. The molecule has 7 heteroatoms. The van der Waals surface area contributed by atoms with E-state index in [9.17, 15) is 13.2 Å². The number of halogens is 1. The lowest BCUT2D eigenvalue weighted by atomic mass is 10.1. The monoisotopic (exact) mass is 432 g/mol. The Balaban J connectivity index is 1.77. The molecule has 26 heavy (non-hydrogen) atoms. The first-order valence-electron chi connectivity index (χ1n) is 7.93. The van der Waals surface area contributed by atoms with Gasteiger partial charge in [0.25, 0.3) is 0 Å². The van der Waals surface area contributed by atoms with Crippen molar-refractivity contribution >= 4 is 48.3 Å². The third kappa shape index (κ3) is 4.12. The molecule has 1 amide bonds. The summed E-state index contributed by atoms with van der Waals surface area (Å²) in [6, 6.07) is 18.6. The number of rotatable bonds is 5. The molecule has 3 rings (SSSR count). The van der Waals surface area contributed by atoms with Crippen LogP contribution in [0.25, 0.3) is 10.8 Å². The van der Waals surface area contributed by atoms with Crippen molar-refractivity contribution in [3.8, 4) is 0 Å². The quantitative estimate of drug-likeness (QED) is 0.641. The molecule has 0 heterocycles. The zero-order valence-corrected chi connectivity index (χ0v) is 16.3. The number of hydrogen-bond donors (Lipinski definition) is 2. The summed E-state index contributed by atoms with van der Waals surface area (Å²) in [5, 5.41) is 4.47. The number of carbonyl (C=O) groups is 1. The molecule has 0 aromatic heterocycles. The van der Waals surface area contributed by atoms with E-state index in [0.29, 0.717) is 5.69 Å². The lowest BCUT2D eigenvalue weighted by molar-refractivity contribution is -0.117. The number of sulfonamides is 1. The second-order valence-electron chi connectivity index (χ2n) is 5.82. The molecule has 0 unspecified atom stereocenters. The average Bonchev–Trinajstić information content (AvgIpc) is 2.62. The predicted octanol–water partition coefficient (Wildman–Crippen LogP) is 3.91. The molecule has 0 aliphatic heterocycles. The fourth-order valence-electron chi connectivity index (χ4n) is 2.49. The molecule has 0 spiro atoms. The van der Waals surface area contributed by atoms with Gasteiger partial charge in [0.1, 0.15) is 0 Å². The fraction of sp³-hybridized carbons (Fsp3) is 0.105. The molecule has 0 radical (unpaired) electrons. The number of hydrogen-bond acceptors (Lipinski definition) is 3. The van der Waals surface area contributed by atoms with Crippen LogP contribution in [0, 0.1) is 0 Å². The Morgan fingerprint density at radius 1 is 0.962 bits per heavy atom. The average molecular weight is 433 g/mol. The van der Waals surface area contributed by atoms with Crippen LogP contribution in [0.2, 0.25) is 0 Å². The van der Waals surface area contributed by atoms with Gasteiger partial charge >= 0.3 is 0 Å². The second-order valence-corrected chi connectivity index (χ2v) is 8.39. The van der Waals surface area contributed by atoms with Gasteiger partial charge in [-0.25, -0.2) is 8.42 Å². The van der Waals surface area contributed by atoms with Gasteiger partial charge in [0, 0.05) is 4.47 Å². The standard InChI is InChI=1S/C19H17BrN2O3S/c1-13(19(23)21-18-9-5-4-8-17(18)20)22-26(24,25)16-11-10-14-6-2-3-7-15(14)12-16/h2-13,22H,1H3,(H,21,23)/t13-/m1/s1. The van der Waals surface area contributed by atoms with Gasteiger partial charge in [-0.3, -0.25) is 4.79 Å². The number of benzene rings is 3. The van der Waals surface area contributed by atoms with Crippen molar-refractivity contribution in [1.29, 1.82) is 0 Å². The number of para-hydroxylation sites is 1. The Labute approximate surface area is 160 Å². The summed E-state index contributed by atoms with van der Waals surface area (Å²) in [6.07, 6.45) is 0. The third-order valence-corrected chi connectivity index (χ3v) is 6.12. The van der Waals surface area contributed by atoms with Crippen LogP contribution in [0.1, 0.15) is 6.92 Å². The van der Waals surface area contributed by atoms with Gasteiger partial charge in [0.15, 0.2) is 0 Å². The highest BCUT2D eigenvalue weighted by Gasteiger charge is 2.22. The van der Waals surface area contributed by atoms with Crippen LogP contribution in [-0.4, -0.2) is 20.4 Å². The van der Waals surface area contributed by atoms with Crippen molar-refractivity contribution < 1.29 is 13.2 Å². The Bertz CT molecular complexity index is 1070. The first kappa shape index (κ1) is 18.6. The van der Waals surface area contributed by atoms with Gasteiger partial charge in [-0.2, -0.15) is 4.72 Å². The summed E-state index contributed by atoms with van der Waals surface area (Å²) < 4.78 is 28.4. The van der Waals surface area contributed by atoms with Crippen molar-refractivity contribution in [2.75, 3.05) is 5.32 Å². The predicted molar refractivity (Wildman–Crippen MR) is 107 cm³/mol. The highest BCUT2D eigenvalue weighted by atomic mass is 79.9. The molecule has 2 N–H and O–H groups in total. The van der Waals surface area contributed by atoms with E-state index in [0.717, 1.165) is 15.2 Å². The first-order chi connectivity index (χ1) is 12.4. The maximum atomic E-state index is 12.6. The highest BCUT2D eigenvalue weighted by Crippen LogP contribution is 2.22. The second kappa shape index (κ2) is 7.57. The Hall–Kier alpha value is -2.22. The zero-order chi connectivity index (χ0) is 18.7. The van der Waals surface area contributed by atoms with Gasteiger partial charge in [-0.15, -0.1) is 0 Å². The number of carbonyl (C=O) groups excluding carboxylic acids is 1. The minimum atomic E-state index is -3.82. The van der Waals surface area contributed by atoms with Crippen LogP contribution >= 0.6 is 15.9 Å². The van der Waals surface area contributed by atoms with Crippen LogP contribution < -0.4 is 10.0 Å². The van der Waals surface area contributed by atoms with Crippen molar-refractivity contribution in [3.05, 3.63) is 71.2 Å². The molecule has 0 aliphatic rings. The van der Waals surface area contributed by atoms with Gasteiger partial charge in [-0.05, 0) is 57.9 Å². The molecule has 0 bridgehead atoms. The molecule has 5 nitrogen and oxygen atoms in total. The van der Waals surface area contributed by atoms with E-state index in [2.05, 4.69) is 26.0 Å². The minimum Gasteiger partial charge on any atom is -0.324 e. The summed E-state index contributed by atoms with van der Waals surface area (Å²) >= 11 is 3.34. The summed E-state index contributed by atoms with van der Waals surface area (Å²) in [4.78, 5) is 12.4. The van der Waals surface area contributed by atoms with E-state index in [4.69, 9.17) is 0 Å². The van der Waals surface area contributed by atoms with E-state index in [1.807, 2.05) is 30.3 Å². The molecule has 3 aromatic carbocycles. The molecule has 134 valence electrons. The molecular formula is C19H17BrN2O3S. The van der Waals surface area contributed by atoms with E-state index in [-0.39, 0.29) is 4.90 Å². The Kier molecular flexibility index (Phi) is 5.41. The van der Waals surface area contributed by atoms with E-state index >= 15 is 0 Å². The summed E-state index contributed by atoms with van der Waals surface area (Å²) in [5.41, 5.74) is 0.578. The minimum absolute atomic E-state index is 0.122. The maximum absolute atomic E-state index is 12.6. The molecule has 3 aromatic rings. The lowest BCUT2D eigenvalue weighted by Gasteiger charge is -2.15. The zero-order valence-electron chi connectivity index (χ0n) is 13.9. The smallest absolute Gasteiger partial charge is 0.242 e. The highest BCUT2D eigenvalue weighted by molar-refractivity contribution is 9.10. The van der Waals surface area contributed by atoms with Crippen LogP contribution in [0.3, 0.4) is 0 Å². The third-order valence-electron chi connectivity index (χ3n) is 3.89. The van der Waals surface area contributed by atoms with Gasteiger partial charge < -0.3 is 5.32 Å². The van der Waals surface area contributed by atoms with Crippen LogP contribution in [0.15, 0.2) is 76.1 Å². The van der Waals surface area contributed by atoms with Gasteiger partial charge in [0.05, 0.1) is 16.6 Å². The SMILES string of the molecule is C[C@@H](NS(=O)(=O)c1ccc2ccccc2c1)C(=O)Nc1ccccc1Br. The fourth-order valence-corrected chi connectivity index (χ4v) is 4.11. The van der Waals surface area contributed by atoms with E-state index < -0.39 is 22.0 Å². The summed E-state index contributed by atoms with van der Waals surface area (Å²) in [5.74, 6) is -0.443. The van der Waals surface area contributed by atoms with Crippen molar-refractivity contribution in [3.63, 3.8) is 0 Å². The molecule has 1 atom stereocenters. The molecular weight excluding hydrogens is 416 g/mol. The molecule has 0 aliphatic carbocycles. The van der Waals surface area contributed by atoms with E-state index in [1.165, 1.54) is 13.0 Å². The van der Waals surface area contributed by atoms with Crippen LogP contribution in [0.5, 0.6) is 0 Å². The normalized spacial score (nSPS) is 12.7. The number of anilines is 1. The maximum Gasteiger partial charge on any atom is 0.242 e. The Morgan fingerprint density at radius 3 is 2.35 bits per heavy atom. The topological polar surface area (TPSA) is 75.3 Å². The van der Waals surface area contributed by atoms with Gasteiger partial charge in [0.2, 0.25) is 15.9 Å². The van der Waals surface area contributed by atoms with Crippen molar-refractivity contribution in [2.45, 2.75) is 17.9 Å². The first-order valence-corrected chi connectivity index (χ1v) is 10.2. The molecule has 0 saturated heterocycles. The van der Waals surface area contributed by atoms with Gasteiger partial charge in [-0.1, -0.05) is 42.5 Å². The van der Waals surface area contributed by atoms with Crippen LogP contribution in [0.4, 0.5) is 5.69 Å². The lowest BCUT2D eigenvalue weighted by Crippen LogP contribution is -2.41. The van der Waals surface area contributed by atoms with Crippen molar-refractivity contribution in [1.82, 2.24) is 4.72 Å². The number of nitrogens with one attached hydrogen (secondary N) is 2.